The second-order valence-corrected chi connectivity index (χ2v) is 11.8. The molecule has 0 saturated heterocycles. The molecule has 0 saturated carbocycles. The molecule has 42 heavy (non-hydrogen) atoms. The summed E-state index contributed by atoms with van der Waals surface area (Å²) >= 11 is 14.7. The lowest BCUT2D eigenvalue weighted by Gasteiger charge is -2.09. The Bertz CT molecular complexity index is 1780. The van der Waals surface area contributed by atoms with Gasteiger partial charge in [0, 0.05) is 23.2 Å². The molecule has 3 aromatic heterocycles. The van der Waals surface area contributed by atoms with Gasteiger partial charge in [-0.25, -0.2) is 9.97 Å². The summed E-state index contributed by atoms with van der Waals surface area (Å²) in [6, 6.07) is 0. The van der Waals surface area contributed by atoms with Crippen molar-refractivity contribution in [1.29, 1.82) is 0 Å². The number of hydrogen-bond donors (Lipinski definition) is 1. The van der Waals surface area contributed by atoms with Crippen LogP contribution in [0.3, 0.4) is 0 Å². The van der Waals surface area contributed by atoms with E-state index >= 15 is 0 Å². The van der Waals surface area contributed by atoms with E-state index in [2.05, 4.69) is 77.1 Å². The molecular formula is C36H44Cl2N4. The second kappa shape index (κ2) is 12.4. The molecule has 5 heterocycles. The molecule has 3 aromatic rings. The molecule has 2 aliphatic heterocycles. The van der Waals surface area contributed by atoms with Gasteiger partial charge in [0.15, 0.2) is 0 Å². The topological polar surface area (TPSA) is 46.5 Å². The molecule has 0 aromatic carbocycles. The van der Waals surface area contributed by atoms with Crippen LogP contribution in [0.25, 0.3) is 45.9 Å². The molecule has 2 aliphatic rings. The first-order chi connectivity index (χ1) is 20.3. The molecule has 0 spiro atoms. The van der Waals surface area contributed by atoms with Gasteiger partial charge in [0.05, 0.1) is 49.4 Å². The predicted molar refractivity (Wildman–Crippen MR) is 184 cm³/mol. The molecule has 6 heteroatoms. The van der Waals surface area contributed by atoms with Crippen molar-refractivity contribution in [3.05, 3.63) is 66.2 Å². The number of halogens is 2. The van der Waals surface area contributed by atoms with Crippen LogP contribution in [0, 0.1) is 0 Å². The van der Waals surface area contributed by atoms with Crippen LogP contribution in [-0.4, -0.2) is 19.5 Å². The minimum absolute atomic E-state index is 0.602. The van der Waals surface area contributed by atoms with E-state index in [1.807, 2.05) is 6.08 Å². The highest BCUT2D eigenvalue weighted by Crippen LogP contribution is 2.40. The third kappa shape index (κ3) is 4.66. The van der Waals surface area contributed by atoms with E-state index < -0.39 is 0 Å². The van der Waals surface area contributed by atoms with Gasteiger partial charge in [0.1, 0.15) is 0 Å². The normalized spacial score (nSPS) is 12.9. The fourth-order valence-electron chi connectivity index (χ4n) is 7.14. The van der Waals surface area contributed by atoms with Crippen LogP contribution >= 0.6 is 23.2 Å². The molecular weight excluding hydrogens is 559 g/mol. The first-order valence-corrected chi connectivity index (χ1v) is 16.7. The fourth-order valence-corrected chi connectivity index (χ4v) is 7.72. The van der Waals surface area contributed by atoms with E-state index in [9.17, 15) is 0 Å². The summed E-state index contributed by atoms with van der Waals surface area (Å²) in [7, 11) is 0. The number of aromatic amines is 1. The molecule has 1 N–H and O–H groups in total. The quantitative estimate of drug-likeness (QED) is 0.218. The molecule has 0 amide bonds. The van der Waals surface area contributed by atoms with Crippen LogP contribution in [0.2, 0.25) is 10.0 Å². The van der Waals surface area contributed by atoms with E-state index in [-0.39, 0.29) is 0 Å². The molecule has 0 radical (unpaired) electrons. The Morgan fingerprint density at radius 1 is 0.571 bits per heavy atom. The van der Waals surface area contributed by atoms with Crippen LogP contribution in [0.4, 0.5) is 0 Å². The molecule has 5 rings (SSSR count). The maximum absolute atomic E-state index is 7.62. The number of aryl methyl sites for hydroxylation is 7. The Labute approximate surface area is 260 Å². The first-order valence-electron chi connectivity index (χ1n) is 15.9. The largest absolute Gasteiger partial charge is 0.353 e. The summed E-state index contributed by atoms with van der Waals surface area (Å²) in [4.78, 5) is 14.2. The summed E-state index contributed by atoms with van der Waals surface area (Å²) in [5, 5.41) is 1.41. The van der Waals surface area contributed by atoms with Gasteiger partial charge in [0.2, 0.25) is 0 Å². The highest BCUT2D eigenvalue weighted by Gasteiger charge is 2.24. The summed E-state index contributed by atoms with van der Waals surface area (Å²) in [6.45, 7) is 18.7. The molecule has 0 fully saturated rings. The SMILES string of the molecule is CCC1=Cc2nc1c(CC)c1[nH]c(c(CC)c1CC)c(Cl)c1c(CC)c(CC)c(c(CC)c3nc(c2Cl)C=C3)n1CC. The van der Waals surface area contributed by atoms with E-state index in [1.54, 1.807) is 0 Å². The lowest BCUT2D eigenvalue weighted by atomic mass is 9.98. The smallest absolute Gasteiger partial charge is 0.0919 e. The lowest BCUT2D eigenvalue weighted by Crippen LogP contribution is -1.99. The van der Waals surface area contributed by atoms with Crippen molar-refractivity contribution in [2.45, 2.75) is 107 Å². The first kappa shape index (κ1) is 30.6. The van der Waals surface area contributed by atoms with Crippen molar-refractivity contribution in [2.75, 3.05) is 0 Å². The zero-order valence-electron chi connectivity index (χ0n) is 26.5. The van der Waals surface area contributed by atoms with Crippen molar-refractivity contribution in [3.63, 3.8) is 0 Å². The van der Waals surface area contributed by atoms with Crippen molar-refractivity contribution < 1.29 is 0 Å². The van der Waals surface area contributed by atoms with Crippen molar-refractivity contribution >= 4 is 69.1 Å². The third-order valence-electron chi connectivity index (χ3n) is 9.06. The monoisotopic (exact) mass is 602 g/mol. The number of H-pyrrole nitrogens is 1. The van der Waals surface area contributed by atoms with Crippen molar-refractivity contribution in [2.24, 2.45) is 0 Å². The summed E-state index contributed by atoms with van der Waals surface area (Å²) in [6.07, 6.45) is 12.5. The standard InChI is InChI=1S/C36H44Cl2N4/c1-9-20-19-29-30(37)28-18-17-27(39-28)25(14-6)35-23(12-4)24(13-5)36(42(35)16-8)31(38)34-22(11-3)21(10-2)33(41-34)26(15-7)32(20)40-29/h17-19,41H,9-16H2,1-8H3. The highest BCUT2D eigenvalue weighted by atomic mass is 35.5. The number of aromatic nitrogens is 4. The van der Waals surface area contributed by atoms with Crippen LogP contribution in [-0.2, 0) is 45.1 Å². The summed E-state index contributed by atoms with van der Waals surface area (Å²) in [5.74, 6) is 0. The number of rotatable bonds is 8. The zero-order chi connectivity index (χ0) is 30.3. The lowest BCUT2D eigenvalue weighted by molar-refractivity contribution is 0.816. The molecule has 0 aliphatic carbocycles. The molecule has 4 nitrogen and oxygen atoms in total. The van der Waals surface area contributed by atoms with Gasteiger partial charge in [-0.3, -0.25) is 0 Å². The van der Waals surface area contributed by atoms with Gasteiger partial charge >= 0.3 is 0 Å². The summed E-state index contributed by atoms with van der Waals surface area (Å²) < 4.78 is 2.44. The van der Waals surface area contributed by atoms with E-state index in [4.69, 9.17) is 33.2 Å². The molecule has 222 valence electrons. The zero-order valence-corrected chi connectivity index (χ0v) is 28.0. The van der Waals surface area contributed by atoms with E-state index in [0.717, 1.165) is 95.8 Å². The number of allylic oxidation sites excluding steroid dienone is 1. The Kier molecular flexibility index (Phi) is 9.06. The van der Waals surface area contributed by atoms with E-state index in [0.29, 0.717) is 5.02 Å². The maximum atomic E-state index is 7.62. The van der Waals surface area contributed by atoms with Crippen molar-refractivity contribution in [1.82, 2.24) is 19.5 Å². The van der Waals surface area contributed by atoms with Crippen molar-refractivity contribution in [3.8, 4) is 0 Å². The van der Waals surface area contributed by atoms with Gasteiger partial charge < -0.3 is 9.55 Å². The van der Waals surface area contributed by atoms with Gasteiger partial charge in [0.25, 0.3) is 0 Å². The molecule has 0 unspecified atom stereocenters. The summed E-state index contributed by atoms with van der Waals surface area (Å²) in [5.41, 5.74) is 17.1. The maximum Gasteiger partial charge on any atom is 0.0919 e. The molecule has 8 bridgehead atoms. The Balaban J connectivity index is 2.19. The Morgan fingerprint density at radius 2 is 1.14 bits per heavy atom. The fraction of sp³-hybridized carbons (Fsp3) is 0.444. The van der Waals surface area contributed by atoms with Crippen LogP contribution in [0.5, 0.6) is 0 Å². The average Bonchev–Trinajstić information content (AvgIpc) is 3.79. The Hall–Kier alpha value is -2.82. The van der Waals surface area contributed by atoms with Crippen LogP contribution in [0.15, 0.2) is 0 Å². The van der Waals surface area contributed by atoms with Crippen LogP contribution in [0.1, 0.15) is 118 Å². The molecule has 0 atom stereocenters. The highest BCUT2D eigenvalue weighted by molar-refractivity contribution is 6.38. The number of hydrogen-bond acceptors (Lipinski definition) is 2. The number of fused-ring (bicyclic) bond motifs is 8. The second-order valence-electron chi connectivity index (χ2n) is 11.0. The van der Waals surface area contributed by atoms with Gasteiger partial charge in [-0.05, 0) is 97.9 Å². The predicted octanol–water partition coefficient (Wildman–Crippen LogP) is 10.6. The average molecular weight is 604 g/mol. The van der Waals surface area contributed by atoms with E-state index in [1.165, 1.54) is 44.5 Å². The van der Waals surface area contributed by atoms with Gasteiger partial charge in [-0.1, -0.05) is 71.7 Å². The minimum atomic E-state index is 0.602. The minimum Gasteiger partial charge on any atom is -0.353 e. The van der Waals surface area contributed by atoms with Gasteiger partial charge in [-0.15, -0.1) is 0 Å². The van der Waals surface area contributed by atoms with Gasteiger partial charge in [-0.2, -0.15) is 0 Å². The van der Waals surface area contributed by atoms with Crippen LogP contribution < -0.4 is 0 Å². The number of nitrogens with zero attached hydrogens (tertiary/aromatic N) is 3. The third-order valence-corrected chi connectivity index (χ3v) is 9.81. The number of nitrogens with one attached hydrogen (secondary N) is 1. The Morgan fingerprint density at radius 3 is 1.71 bits per heavy atom.